The van der Waals surface area contributed by atoms with Crippen LogP contribution in [0.25, 0.3) is 6.08 Å². The van der Waals surface area contributed by atoms with Crippen LogP contribution >= 0.6 is 15.9 Å². The lowest BCUT2D eigenvalue weighted by atomic mass is 10.2. The molecule has 0 aliphatic heterocycles. The van der Waals surface area contributed by atoms with Crippen LogP contribution in [-0.2, 0) is 11.4 Å². The maximum Gasteiger partial charge on any atom is 0.328 e. The Kier molecular flexibility index (Phi) is 5.61. The van der Waals surface area contributed by atoms with Crippen LogP contribution < -0.4 is 9.47 Å². The fraction of sp³-hybridized carbons (Fsp3) is 0.118. The minimum atomic E-state index is -0.992. The van der Waals surface area contributed by atoms with E-state index in [0.717, 1.165) is 21.7 Å². The third kappa shape index (κ3) is 4.63. The van der Waals surface area contributed by atoms with E-state index in [1.807, 2.05) is 24.3 Å². The van der Waals surface area contributed by atoms with Crippen molar-refractivity contribution < 1.29 is 19.4 Å². The molecule has 0 unspecified atom stereocenters. The predicted molar refractivity (Wildman–Crippen MR) is 88.1 cm³/mol. The number of carbonyl (C=O) groups is 1. The van der Waals surface area contributed by atoms with Crippen LogP contribution in [0.15, 0.2) is 53.0 Å². The number of methoxy groups -OCH3 is 1. The van der Waals surface area contributed by atoms with Gasteiger partial charge in [-0.15, -0.1) is 0 Å². The Morgan fingerprint density at radius 1 is 1.18 bits per heavy atom. The van der Waals surface area contributed by atoms with Crippen LogP contribution in [0.3, 0.4) is 0 Å². The Labute approximate surface area is 137 Å². The van der Waals surface area contributed by atoms with Gasteiger partial charge in [0, 0.05) is 10.5 Å². The monoisotopic (exact) mass is 362 g/mol. The van der Waals surface area contributed by atoms with Gasteiger partial charge in [0.15, 0.2) is 11.5 Å². The fourth-order valence-corrected chi connectivity index (χ4v) is 2.08. The van der Waals surface area contributed by atoms with E-state index in [1.165, 1.54) is 6.08 Å². The van der Waals surface area contributed by atoms with Crippen molar-refractivity contribution in [2.24, 2.45) is 0 Å². The summed E-state index contributed by atoms with van der Waals surface area (Å²) >= 11 is 3.39. The van der Waals surface area contributed by atoms with Gasteiger partial charge in [0.05, 0.1) is 7.11 Å². The molecule has 4 nitrogen and oxygen atoms in total. The first-order valence-corrected chi connectivity index (χ1v) is 7.34. The van der Waals surface area contributed by atoms with Gasteiger partial charge in [-0.1, -0.05) is 34.1 Å². The molecule has 0 fully saturated rings. The van der Waals surface area contributed by atoms with Gasteiger partial charge in [0.1, 0.15) is 6.61 Å². The van der Waals surface area contributed by atoms with Crippen molar-refractivity contribution in [1.29, 1.82) is 0 Å². The number of halogens is 1. The second-order valence-electron chi connectivity index (χ2n) is 4.50. The molecule has 0 heterocycles. The molecule has 5 heteroatoms. The summed E-state index contributed by atoms with van der Waals surface area (Å²) in [5.74, 6) is 0.177. The van der Waals surface area contributed by atoms with Crippen LogP contribution in [0.4, 0.5) is 0 Å². The summed E-state index contributed by atoms with van der Waals surface area (Å²) in [5.41, 5.74) is 1.76. The number of ether oxygens (including phenoxy) is 2. The van der Waals surface area contributed by atoms with E-state index < -0.39 is 5.97 Å². The van der Waals surface area contributed by atoms with E-state index in [4.69, 9.17) is 14.6 Å². The normalized spacial score (nSPS) is 10.6. The van der Waals surface area contributed by atoms with Gasteiger partial charge in [-0.3, -0.25) is 0 Å². The van der Waals surface area contributed by atoms with E-state index in [0.29, 0.717) is 18.1 Å². The zero-order chi connectivity index (χ0) is 15.9. The van der Waals surface area contributed by atoms with Crippen molar-refractivity contribution in [2.75, 3.05) is 7.11 Å². The molecule has 0 aliphatic carbocycles. The molecule has 0 spiro atoms. The molecular formula is C17H15BrO4. The number of benzene rings is 2. The smallest absolute Gasteiger partial charge is 0.328 e. The molecule has 0 atom stereocenters. The summed E-state index contributed by atoms with van der Waals surface area (Å²) < 4.78 is 12.0. The second-order valence-corrected chi connectivity index (χ2v) is 5.41. The lowest BCUT2D eigenvalue weighted by Crippen LogP contribution is -1.98. The standard InChI is InChI=1S/C17H15BrO4/c1-21-15-8-4-12(5-9-17(19)20)10-16(15)22-11-13-2-6-14(18)7-3-13/h2-10H,11H2,1H3,(H,19,20)/b9-5+. The Hall–Kier alpha value is -2.27. The maximum absolute atomic E-state index is 10.6. The molecular weight excluding hydrogens is 348 g/mol. The van der Waals surface area contributed by atoms with Crippen molar-refractivity contribution >= 4 is 28.0 Å². The highest BCUT2D eigenvalue weighted by Gasteiger charge is 2.05. The van der Waals surface area contributed by atoms with Crippen molar-refractivity contribution in [2.45, 2.75) is 6.61 Å². The summed E-state index contributed by atoms with van der Waals surface area (Å²) in [7, 11) is 1.56. The van der Waals surface area contributed by atoms with Gasteiger partial charge >= 0.3 is 5.97 Å². The second kappa shape index (κ2) is 7.66. The van der Waals surface area contributed by atoms with Crippen molar-refractivity contribution in [3.63, 3.8) is 0 Å². The Bertz CT molecular complexity index is 678. The highest BCUT2D eigenvalue weighted by Crippen LogP contribution is 2.29. The molecule has 0 aromatic heterocycles. The first-order chi connectivity index (χ1) is 10.6. The van der Waals surface area contributed by atoms with Crippen LogP contribution in [0.2, 0.25) is 0 Å². The number of aliphatic carboxylic acids is 1. The number of carboxylic acids is 1. The number of carboxylic acid groups (broad SMARTS) is 1. The first kappa shape index (κ1) is 16.1. The molecule has 114 valence electrons. The SMILES string of the molecule is COc1ccc(/C=C/C(=O)O)cc1OCc1ccc(Br)cc1. The molecule has 2 aromatic rings. The molecule has 0 saturated carbocycles. The van der Waals surface area contributed by atoms with Crippen LogP contribution in [-0.4, -0.2) is 18.2 Å². The van der Waals surface area contributed by atoms with Crippen molar-refractivity contribution in [1.82, 2.24) is 0 Å². The van der Waals surface area contributed by atoms with Crippen molar-refractivity contribution in [3.8, 4) is 11.5 Å². The highest BCUT2D eigenvalue weighted by molar-refractivity contribution is 9.10. The Morgan fingerprint density at radius 2 is 1.91 bits per heavy atom. The number of hydrogen-bond donors (Lipinski definition) is 1. The predicted octanol–water partition coefficient (Wildman–Crippen LogP) is 4.13. The quantitative estimate of drug-likeness (QED) is 0.784. The van der Waals surface area contributed by atoms with Gasteiger partial charge in [-0.05, 0) is 41.5 Å². The first-order valence-electron chi connectivity index (χ1n) is 6.55. The van der Waals surface area contributed by atoms with Gasteiger partial charge in [0.25, 0.3) is 0 Å². The minimum Gasteiger partial charge on any atom is -0.493 e. The zero-order valence-corrected chi connectivity index (χ0v) is 13.5. The lowest BCUT2D eigenvalue weighted by molar-refractivity contribution is -0.131. The molecule has 2 rings (SSSR count). The molecule has 0 amide bonds. The summed E-state index contributed by atoms with van der Waals surface area (Å²) in [4.78, 5) is 10.6. The van der Waals surface area contributed by atoms with Gasteiger partial charge < -0.3 is 14.6 Å². The Morgan fingerprint density at radius 3 is 2.55 bits per heavy atom. The lowest BCUT2D eigenvalue weighted by Gasteiger charge is -2.11. The van der Waals surface area contributed by atoms with Crippen LogP contribution in [0.1, 0.15) is 11.1 Å². The fourth-order valence-electron chi connectivity index (χ4n) is 1.82. The largest absolute Gasteiger partial charge is 0.493 e. The van der Waals surface area contributed by atoms with E-state index >= 15 is 0 Å². The molecule has 0 bridgehead atoms. The van der Waals surface area contributed by atoms with Gasteiger partial charge in [-0.25, -0.2) is 4.79 Å². The van der Waals surface area contributed by atoms with E-state index in [-0.39, 0.29) is 0 Å². The molecule has 0 saturated heterocycles. The third-order valence-corrected chi connectivity index (χ3v) is 3.44. The van der Waals surface area contributed by atoms with E-state index in [9.17, 15) is 4.79 Å². The van der Waals surface area contributed by atoms with Gasteiger partial charge in [-0.2, -0.15) is 0 Å². The number of hydrogen-bond acceptors (Lipinski definition) is 3. The summed E-state index contributed by atoms with van der Waals surface area (Å²) in [5, 5.41) is 8.67. The molecule has 0 aliphatic rings. The average Bonchev–Trinajstić information content (AvgIpc) is 2.52. The summed E-state index contributed by atoms with van der Waals surface area (Å²) in [6.07, 6.45) is 2.59. The molecule has 22 heavy (non-hydrogen) atoms. The topological polar surface area (TPSA) is 55.8 Å². The molecule has 2 aromatic carbocycles. The highest BCUT2D eigenvalue weighted by atomic mass is 79.9. The zero-order valence-electron chi connectivity index (χ0n) is 12.0. The third-order valence-electron chi connectivity index (χ3n) is 2.91. The average molecular weight is 363 g/mol. The van der Waals surface area contributed by atoms with E-state index in [2.05, 4.69) is 15.9 Å². The summed E-state index contributed by atoms with van der Waals surface area (Å²) in [6, 6.07) is 13.1. The van der Waals surface area contributed by atoms with Crippen LogP contribution in [0.5, 0.6) is 11.5 Å². The van der Waals surface area contributed by atoms with Gasteiger partial charge in [0.2, 0.25) is 0 Å². The van der Waals surface area contributed by atoms with E-state index in [1.54, 1.807) is 25.3 Å². The molecule has 0 radical (unpaired) electrons. The minimum absolute atomic E-state index is 0.399. The molecule has 1 N–H and O–H groups in total. The van der Waals surface area contributed by atoms with Crippen molar-refractivity contribution in [3.05, 3.63) is 64.1 Å². The van der Waals surface area contributed by atoms with Crippen LogP contribution in [0, 0.1) is 0 Å². The Balaban J connectivity index is 2.15. The maximum atomic E-state index is 10.6. The summed E-state index contributed by atoms with van der Waals surface area (Å²) in [6.45, 7) is 0.399. The number of rotatable bonds is 6.